The van der Waals surface area contributed by atoms with E-state index in [1.807, 2.05) is 6.07 Å². The molecule has 0 bridgehead atoms. The van der Waals surface area contributed by atoms with Gasteiger partial charge in [0.05, 0.1) is 5.92 Å². The van der Waals surface area contributed by atoms with Gasteiger partial charge >= 0.3 is 6.18 Å². The molecule has 0 aromatic heterocycles. The van der Waals surface area contributed by atoms with Gasteiger partial charge in [0.1, 0.15) is 5.82 Å². The van der Waals surface area contributed by atoms with E-state index < -0.39 is 12.1 Å². The molecule has 1 saturated carbocycles. The maximum absolute atomic E-state index is 13.6. The summed E-state index contributed by atoms with van der Waals surface area (Å²) in [6.45, 7) is 1.79. The second kappa shape index (κ2) is 6.34. The molecule has 1 aromatic carbocycles. The molecule has 21 heavy (non-hydrogen) atoms. The van der Waals surface area contributed by atoms with Gasteiger partial charge in [-0.1, -0.05) is 12.5 Å². The van der Waals surface area contributed by atoms with Crippen molar-refractivity contribution in [3.63, 3.8) is 0 Å². The zero-order valence-electron chi connectivity index (χ0n) is 12.3. The molecule has 0 spiro atoms. The molecule has 3 unspecified atom stereocenters. The Morgan fingerprint density at radius 2 is 1.90 bits per heavy atom. The van der Waals surface area contributed by atoms with E-state index in [0.717, 1.165) is 17.5 Å². The van der Waals surface area contributed by atoms with Gasteiger partial charge in [-0.15, -0.1) is 0 Å². The van der Waals surface area contributed by atoms with Crippen LogP contribution in [0.25, 0.3) is 0 Å². The number of aryl methyl sites for hydroxylation is 1. The highest BCUT2D eigenvalue weighted by molar-refractivity contribution is 5.27. The zero-order chi connectivity index (χ0) is 15.6. The minimum atomic E-state index is -4.13. The normalized spacial score (nSPS) is 24.9. The topological polar surface area (TPSA) is 12.0 Å². The van der Waals surface area contributed by atoms with E-state index in [1.165, 1.54) is 12.1 Å². The highest BCUT2D eigenvalue weighted by Gasteiger charge is 2.43. The van der Waals surface area contributed by atoms with Crippen LogP contribution in [0.3, 0.4) is 0 Å². The molecule has 3 atom stereocenters. The summed E-state index contributed by atoms with van der Waals surface area (Å²) < 4.78 is 52.3. The van der Waals surface area contributed by atoms with Crippen LogP contribution in [-0.2, 0) is 0 Å². The van der Waals surface area contributed by atoms with Gasteiger partial charge in [-0.05, 0) is 62.4 Å². The first-order valence-electron chi connectivity index (χ1n) is 7.32. The fraction of sp³-hybridized carbons (Fsp3) is 0.625. The molecule has 0 saturated heterocycles. The highest BCUT2D eigenvalue weighted by atomic mass is 19.4. The van der Waals surface area contributed by atoms with Crippen LogP contribution in [0.2, 0.25) is 0 Å². The molecule has 1 N–H and O–H groups in total. The van der Waals surface area contributed by atoms with Crippen LogP contribution < -0.4 is 5.32 Å². The van der Waals surface area contributed by atoms with Crippen LogP contribution in [0.5, 0.6) is 0 Å². The van der Waals surface area contributed by atoms with Gasteiger partial charge in [0.2, 0.25) is 0 Å². The first kappa shape index (κ1) is 16.3. The summed E-state index contributed by atoms with van der Waals surface area (Å²) in [5.74, 6) is -1.69. The predicted molar refractivity (Wildman–Crippen MR) is 74.4 cm³/mol. The SMILES string of the molecule is CNC(c1cc(C)cc(F)c1)C1CCCC(C(F)(F)F)C1. The molecule has 1 fully saturated rings. The Bertz CT molecular complexity index is 463. The fourth-order valence-corrected chi connectivity index (χ4v) is 3.45. The second-order valence-electron chi connectivity index (χ2n) is 5.99. The molecule has 118 valence electrons. The third kappa shape index (κ3) is 3.96. The van der Waals surface area contributed by atoms with Gasteiger partial charge in [0.15, 0.2) is 0 Å². The van der Waals surface area contributed by atoms with Crippen molar-refractivity contribution in [2.75, 3.05) is 7.05 Å². The molecule has 1 aromatic rings. The number of halogens is 4. The number of hydrogen-bond donors (Lipinski definition) is 1. The Hall–Kier alpha value is -1.10. The molecule has 0 aliphatic heterocycles. The number of alkyl halides is 3. The summed E-state index contributed by atoms with van der Waals surface area (Å²) in [5, 5.41) is 3.08. The molecule has 5 heteroatoms. The molecule has 1 nitrogen and oxygen atoms in total. The van der Waals surface area contributed by atoms with E-state index in [4.69, 9.17) is 0 Å². The number of nitrogens with one attached hydrogen (secondary N) is 1. The molecule has 0 radical (unpaired) electrons. The number of hydrogen-bond acceptors (Lipinski definition) is 1. The predicted octanol–water partition coefficient (Wildman–Crippen LogP) is 4.76. The van der Waals surface area contributed by atoms with Crippen molar-refractivity contribution in [3.05, 3.63) is 35.1 Å². The monoisotopic (exact) mass is 303 g/mol. The number of benzene rings is 1. The van der Waals surface area contributed by atoms with E-state index in [0.29, 0.717) is 6.42 Å². The average Bonchev–Trinajstić information content (AvgIpc) is 2.38. The first-order chi connectivity index (χ1) is 9.81. The van der Waals surface area contributed by atoms with E-state index in [-0.39, 0.29) is 30.6 Å². The lowest BCUT2D eigenvalue weighted by Gasteiger charge is -2.35. The van der Waals surface area contributed by atoms with E-state index in [2.05, 4.69) is 5.32 Å². The molecule has 0 heterocycles. The quantitative estimate of drug-likeness (QED) is 0.794. The first-order valence-corrected chi connectivity index (χ1v) is 7.32. The van der Waals surface area contributed by atoms with Crippen molar-refractivity contribution in [3.8, 4) is 0 Å². The molecular formula is C16H21F4N. The zero-order valence-corrected chi connectivity index (χ0v) is 12.3. The molecule has 0 amide bonds. The second-order valence-corrected chi connectivity index (χ2v) is 5.99. The maximum Gasteiger partial charge on any atom is 0.391 e. The van der Waals surface area contributed by atoms with Gasteiger partial charge in [-0.2, -0.15) is 13.2 Å². The molecule has 1 aliphatic carbocycles. The van der Waals surface area contributed by atoms with Gasteiger partial charge < -0.3 is 5.32 Å². The summed E-state index contributed by atoms with van der Waals surface area (Å²) in [5.41, 5.74) is 1.52. The van der Waals surface area contributed by atoms with Gasteiger partial charge in [0, 0.05) is 6.04 Å². The molecular weight excluding hydrogens is 282 g/mol. The lowest BCUT2D eigenvalue weighted by Crippen LogP contribution is -2.34. The van der Waals surface area contributed by atoms with Crippen molar-refractivity contribution in [2.45, 2.75) is 44.8 Å². The van der Waals surface area contributed by atoms with Crippen LogP contribution in [-0.4, -0.2) is 13.2 Å². The fourth-order valence-electron chi connectivity index (χ4n) is 3.45. The largest absolute Gasteiger partial charge is 0.391 e. The van der Waals surface area contributed by atoms with Gasteiger partial charge in [-0.25, -0.2) is 4.39 Å². The Balaban J connectivity index is 2.20. The summed E-state index contributed by atoms with van der Waals surface area (Å²) >= 11 is 0. The maximum atomic E-state index is 13.6. The van der Waals surface area contributed by atoms with Crippen LogP contribution in [0.1, 0.15) is 42.9 Å². The third-order valence-corrected chi connectivity index (χ3v) is 4.38. The van der Waals surface area contributed by atoms with E-state index >= 15 is 0 Å². The van der Waals surface area contributed by atoms with Crippen LogP contribution in [0.4, 0.5) is 17.6 Å². The summed E-state index contributed by atoms with van der Waals surface area (Å²) in [4.78, 5) is 0. The lowest BCUT2D eigenvalue weighted by atomic mass is 9.75. The van der Waals surface area contributed by atoms with Crippen molar-refractivity contribution >= 4 is 0 Å². The highest BCUT2D eigenvalue weighted by Crippen LogP contribution is 2.43. The standard InChI is InChI=1S/C16H21F4N/c1-10-6-12(9-14(17)7-10)15(21-2)11-4-3-5-13(8-11)16(18,19)20/h6-7,9,11,13,15,21H,3-5,8H2,1-2H3. The van der Waals surface area contributed by atoms with E-state index in [1.54, 1.807) is 14.0 Å². The Kier molecular flexibility index (Phi) is 4.91. The van der Waals surface area contributed by atoms with E-state index in [9.17, 15) is 17.6 Å². The Morgan fingerprint density at radius 3 is 2.48 bits per heavy atom. The lowest BCUT2D eigenvalue weighted by molar-refractivity contribution is -0.186. The molecule has 2 rings (SSSR count). The average molecular weight is 303 g/mol. The van der Waals surface area contributed by atoms with Crippen LogP contribution in [0, 0.1) is 24.6 Å². The van der Waals surface area contributed by atoms with Crippen LogP contribution in [0.15, 0.2) is 18.2 Å². The Morgan fingerprint density at radius 1 is 1.19 bits per heavy atom. The molecule has 1 aliphatic rings. The smallest absolute Gasteiger partial charge is 0.313 e. The van der Waals surface area contributed by atoms with Crippen molar-refractivity contribution in [1.29, 1.82) is 0 Å². The summed E-state index contributed by atoms with van der Waals surface area (Å²) in [7, 11) is 1.72. The third-order valence-electron chi connectivity index (χ3n) is 4.38. The minimum Gasteiger partial charge on any atom is -0.313 e. The van der Waals surface area contributed by atoms with Crippen molar-refractivity contribution < 1.29 is 17.6 Å². The van der Waals surface area contributed by atoms with Crippen LogP contribution >= 0.6 is 0 Å². The van der Waals surface area contributed by atoms with Gasteiger partial charge in [-0.3, -0.25) is 0 Å². The van der Waals surface area contributed by atoms with Gasteiger partial charge in [0.25, 0.3) is 0 Å². The summed E-state index contributed by atoms with van der Waals surface area (Å²) in [6.07, 6.45) is -2.49. The van der Waals surface area contributed by atoms with Crippen molar-refractivity contribution in [2.24, 2.45) is 11.8 Å². The summed E-state index contributed by atoms with van der Waals surface area (Å²) in [6, 6.07) is 4.46. The minimum absolute atomic E-state index is 0.114. The Labute approximate surface area is 122 Å². The van der Waals surface area contributed by atoms with Crippen molar-refractivity contribution in [1.82, 2.24) is 5.32 Å². The number of rotatable bonds is 3.